The number of ketones is 1. The quantitative estimate of drug-likeness (QED) is 0.395. The van der Waals surface area contributed by atoms with Crippen LogP contribution in [0.15, 0.2) is 54.1 Å². The van der Waals surface area contributed by atoms with E-state index in [1.54, 1.807) is 36.3 Å². The smallest absolute Gasteiger partial charge is 0.295 e. The average Bonchev–Trinajstić information content (AvgIpc) is 3.01. The van der Waals surface area contributed by atoms with Gasteiger partial charge in [-0.05, 0) is 35.1 Å². The number of aliphatic hydroxyl groups excluding tert-OH is 1. The van der Waals surface area contributed by atoms with Crippen LogP contribution in [0.3, 0.4) is 0 Å². The molecule has 5 nitrogen and oxygen atoms in total. The van der Waals surface area contributed by atoms with Gasteiger partial charge in [-0.25, -0.2) is 0 Å². The second kappa shape index (κ2) is 8.96. The predicted molar refractivity (Wildman–Crippen MR) is 122 cm³/mol. The van der Waals surface area contributed by atoms with Gasteiger partial charge in [0.25, 0.3) is 11.7 Å². The first-order valence-corrected chi connectivity index (χ1v) is 10.7. The van der Waals surface area contributed by atoms with Crippen molar-refractivity contribution in [1.82, 2.24) is 4.90 Å². The molecule has 31 heavy (non-hydrogen) atoms. The Morgan fingerprint density at radius 1 is 1.10 bits per heavy atom. The van der Waals surface area contributed by atoms with E-state index in [-0.39, 0.29) is 16.7 Å². The van der Waals surface area contributed by atoms with Crippen molar-refractivity contribution in [3.05, 3.63) is 70.8 Å². The summed E-state index contributed by atoms with van der Waals surface area (Å²) in [6, 6.07) is 14.2. The van der Waals surface area contributed by atoms with Crippen LogP contribution in [0.1, 0.15) is 63.3 Å². The van der Waals surface area contributed by atoms with Crippen LogP contribution in [0.5, 0.6) is 5.75 Å². The minimum Gasteiger partial charge on any atom is -0.507 e. The van der Waals surface area contributed by atoms with Gasteiger partial charge in [-0.3, -0.25) is 9.59 Å². The van der Waals surface area contributed by atoms with Gasteiger partial charge in [0.2, 0.25) is 0 Å². The van der Waals surface area contributed by atoms with E-state index in [2.05, 4.69) is 20.8 Å². The highest BCUT2D eigenvalue weighted by Crippen LogP contribution is 2.40. The van der Waals surface area contributed by atoms with Gasteiger partial charge in [0.1, 0.15) is 11.5 Å². The lowest BCUT2D eigenvalue weighted by Gasteiger charge is -2.26. The summed E-state index contributed by atoms with van der Waals surface area (Å²) >= 11 is 0. The number of likely N-dealkylation sites (tertiary alicyclic amines) is 1. The number of amides is 1. The highest BCUT2D eigenvalue weighted by molar-refractivity contribution is 6.46. The molecule has 0 bridgehead atoms. The number of carbonyl (C=O) groups excluding carboxylic acids is 2. The third-order valence-electron chi connectivity index (χ3n) is 5.73. The van der Waals surface area contributed by atoms with Crippen LogP contribution in [0, 0.1) is 0 Å². The molecule has 1 heterocycles. The number of nitrogens with zero attached hydrogens (tertiary/aromatic N) is 1. The van der Waals surface area contributed by atoms with Crippen molar-refractivity contribution in [3.8, 4) is 5.75 Å². The van der Waals surface area contributed by atoms with Crippen molar-refractivity contribution in [3.63, 3.8) is 0 Å². The molecule has 164 valence electrons. The van der Waals surface area contributed by atoms with Crippen molar-refractivity contribution in [2.45, 2.75) is 52.0 Å². The number of methoxy groups -OCH3 is 1. The van der Waals surface area contributed by atoms with Gasteiger partial charge in [-0.15, -0.1) is 0 Å². The molecule has 1 unspecified atom stereocenters. The van der Waals surface area contributed by atoms with Crippen molar-refractivity contribution in [1.29, 1.82) is 0 Å². The molecule has 1 fully saturated rings. The molecule has 1 N–H and O–H groups in total. The maximum Gasteiger partial charge on any atom is 0.295 e. The number of benzene rings is 2. The van der Waals surface area contributed by atoms with Gasteiger partial charge in [0.15, 0.2) is 0 Å². The molecule has 1 atom stereocenters. The third kappa shape index (κ3) is 4.50. The van der Waals surface area contributed by atoms with E-state index < -0.39 is 17.7 Å². The molecule has 3 rings (SSSR count). The molecule has 0 aromatic heterocycles. The summed E-state index contributed by atoms with van der Waals surface area (Å²) in [7, 11) is 1.54. The Hall–Kier alpha value is -3.08. The molecule has 1 amide bonds. The van der Waals surface area contributed by atoms with Crippen molar-refractivity contribution < 1.29 is 19.4 Å². The van der Waals surface area contributed by atoms with E-state index in [9.17, 15) is 14.7 Å². The van der Waals surface area contributed by atoms with Crippen molar-refractivity contribution >= 4 is 17.4 Å². The molecule has 0 saturated carbocycles. The normalized spacial score (nSPS) is 18.5. The van der Waals surface area contributed by atoms with Crippen molar-refractivity contribution in [2.24, 2.45) is 0 Å². The Morgan fingerprint density at radius 3 is 2.35 bits per heavy atom. The number of hydrogen-bond donors (Lipinski definition) is 1. The average molecular weight is 422 g/mol. The SMILES string of the molecule is CCCCN1C(=O)C(=O)/C(=C(\O)c2cccc(OC)c2)C1c1ccc(C(C)(C)C)cc1. The second-order valence-corrected chi connectivity index (χ2v) is 8.95. The van der Waals surface area contributed by atoms with E-state index in [0.29, 0.717) is 17.9 Å². The van der Waals surface area contributed by atoms with Crippen LogP contribution in [-0.4, -0.2) is 35.4 Å². The van der Waals surface area contributed by atoms with Gasteiger partial charge in [-0.2, -0.15) is 0 Å². The maximum atomic E-state index is 13.0. The van der Waals surface area contributed by atoms with Crippen LogP contribution < -0.4 is 4.74 Å². The molecule has 2 aromatic carbocycles. The minimum absolute atomic E-state index is 0.0108. The fourth-order valence-corrected chi connectivity index (χ4v) is 3.88. The van der Waals surface area contributed by atoms with Crippen molar-refractivity contribution in [2.75, 3.05) is 13.7 Å². The summed E-state index contributed by atoms with van der Waals surface area (Å²) in [5, 5.41) is 11.1. The first kappa shape index (κ1) is 22.6. The molecule has 1 saturated heterocycles. The predicted octanol–water partition coefficient (Wildman–Crippen LogP) is 5.21. The van der Waals surface area contributed by atoms with Gasteiger partial charge >= 0.3 is 0 Å². The third-order valence-corrected chi connectivity index (χ3v) is 5.73. The zero-order valence-electron chi connectivity index (χ0n) is 18.9. The lowest BCUT2D eigenvalue weighted by Crippen LogP contribution is -2.30. The molecule has 1 aliphatic heterocycles. The van der Waals surface area contributed by atoms with E-state index in [4.69, 9.17) is 4.74 Å². The number of Topliss-reactive ketones (excluding diaryl/α,β-unsaturated/α-hetero) is 1. The van der Waals surface area contributed by atoms with Crippen LogP contribution in [0.2, 0.25) is 0 Å². The summed E-state index contributed by atoms with van der Waals surface area (Å²) in [6.45, 7) is 8.91. The zero-order chi connectivity index (χ0) is 22.8. The van der Waals surface area contributed by atoms with E-state index in [1.807, 2.05) is 31.2 Å². The summed E-state index contributed by atoms with van der Waals surface area (Å²) in [5.74, 6) is -0.833. The fraction of sp³-hybridized carbons (Fsp3) is 0.385. The summed E-state index contributed by atoms with van der Waals surface area (Å²) in [6.07, 6.45) is 1.68. The minimum atomic E-state index is -0.652. The van der Waals surface area contributed by atoms with Crippen LogP contribution in [0.25, 0.3) is 5.76 Å². The van der Waals surface area contributed by atoms with Crippen LogP contribution in [-0.2, 0) is 15.0 Å². The number of unbranched alkanes of at least 4 members (excludes halogenated alkanes) is 1. The second-order valence-electron chi connectivity index (χ2n) is 8.95. The monoisotopic (exact) mass is 421 g/mol. The van der Waals surface area contributed by atoms with E-state index >= 15 is 0 Å². The summed E-state index contributed by atoms with van der Waals surface area (Å²) < 4.78 is 5.25. The van der Waals surface area contributed by atoms with E-state index in [1.165, 1.54) is 0 Å². The van der Waals surface area contributed by atoms with Gasteiger partial charge in [0.05, 0.1) is 18.7 Å². The highest BCUT2D eigenvalue weighted by Gasteiger charge is 2.45. The molecule has 0 radical (unpaired) electrons. The van der Waals surface area contributed by atoms with Crippen LogP contribution >= 0.6 is 0 Å². The lowest BCUT2D eigenvalue weighted by atomic mass is 9.85. The van der Waals surface area contributed by atoms with Gasteiger partial charge in [-0.1, -0.05) is 70.5 Å². The zero-order valence-corrected chi connectivity index (χ0v) is 18.9. The molecular weight excluding hydrogens is 390 g/mol. The molecule has 1 aliphatic rings. The number of ether oxygens (including phenoxy) is 1. The maximum absolute atomic E-state index is 13.0. The number of carbonyl (C=O) groups is 2. The Kier molecular flexibility index (Phi) is 6.54. The topological polar surface area (TPSA) is 66.8 Å². The van der Waals surface area contributed by atoms with Gasteiger partial charge < -0.3 is 14.7 Å². The molecule has 0 spiro atoms. The lowest BCUT2D eigenvalue weighted by molar-refractivity contribution is -0.139. The van der Waals surface area contributed by atoms with Crippen LogP contribution in [0.4, 0.5) is 0 Å². The summed E-state index contributed by atoms with van der Waals surface area (Å²) in [4.78, 5) is 27.5. The standard InChI is InChI=1S/C26H31NO4/c1-6-7-15-27-22(17-11-13-19(14-12-17)26(2,3)4)21(24(29)25(27)30)23(28)18-9-8-10-20(16-18)31-5/h8-14,16,22,28H,6-7,15H2,1-5H3/b23-21-. The number of hydrogen-bond acceptors (Lipinski definition) is 4. The van der Waals surface area contributed by atoms with E-state index in [0.717, 1.165) is 24.0 Å². The Morgan fingerprint density at radius 2 is 1.77 bits per heavy atom. The Labute approximate surface area is 184 Å². The number of rotatable bonds is 6. The molecule has 5 heteroatoms. The molecule has 0 aliphatic carbocycles. The Bertz CT molecular complexity index is 999. The Balaban J connectivity index is 2.15. The summed E-state index contributed by atoms with van der Waals surface area (Å²) in [5.41, 5.74) is 2.53. The molecular formula is C26H31NO4. The largest absolute Gasteiger partial charge is 0.507 e. The first-order valence-electron chi connectivity index (χ1n) is 10.7. The first-order chi connectivity index (χ1) is 14.7. The number of aliphatic hydroxyl groups is 1. The fourth-order valence-electron chi connectivity index (χ4n) is 3.88. The highest BCUT2D eigenvalue weighted by atomic mass is 16.5. The van der Waals surface area contributed by atoms with Gasteiger partial charge in [0, 0.05) is 12.1 Å². The molecule has 2 aromatic rings.